The third kappa shape index (κ3) is 5.32. The van der Waals surface area contributed by atoms with E-state index in [2.05, 4.69) is 121 Å². The molecule has 0 fully saturated rings. The largest absolute Gasteiger partial charge is 0.208 e. The molecule has 0 saturated carbocycles. The Bertz CT molecular complexity index is 2380. The highest BCUT2D eigenvalue weighted by Crippen LogP contribution is 2.49. The van der Waals surface area contributed by atoms with Crippen molar-refractivity contribution in [1.29, 1.82) is 0 Å². The van der Waals surface area contributed by atoms with Crippen molar-refractivity contribution in [1.82, 2.24) is 15.0 Å². The first-order valence-electron chi connectivity index (χ1n) is 16.7. The Morgan fingerprint density at radius 3 is 1.37 bits per heavy atom. The van der Waals surface area contributed by atoms with Gasteiger partial charge in [0.25, 0.3) is 0 Å². The number of nitrogens with zero attached hydrogens (tertiary/aromatic N) is 3. The van der Waals surface area contributed by atoms with Gasteiger partial charge < -0.3 is 0 Å². The van der Waals surface area contributed by atoms with E-state index in [1.807, 2.05) is 60.7 Å². The Hall–Kier alpha value is -6.45. The Morgan fingerprint density at radius 1 is 0.286 bits per heavy atom. The van der Waals surface area contributed by atoms with Gasteiger partial charge >= 0.3 is 0 Å². The molecule has 230 valence electrons. The Labute approximate surface area is 286 Å². The Kier molecular flexibility index (Phi) is 7.21. The second-order valence-electron chi connectivity index (χ2n) is 12.4. The molecule has 1 aliphatic rings. The molecule has 1 heterocycles. The minimum absolute atomic E-state index is 0.232. The summed E-state index contributed by atoms with van der Waals surface area (Å²) in [6.45, 7) is 0. The quantitative estimate of drug-likeness (QED) is 0.185. The summed E-state index contributed by atoms with van der Waals surface area (Å²) >= 11 is 0. The highest BCUT2D eigenvalue weighted by atomic mass is 15.0. The Morgan fingerprint density at radius 2 is 0.735 bits per heavy atom. The smallest absolute Gasteiger partial charge is 0.164 e. The second-order valence-corrected chi connectivity index (χ2v) is 12.4. The van der Waals surface area contributed by atoms with Crippen molar-refractivity contribution < 1.29 is 0 Å². The number of hydrogen-bond donors (Lipinski definition) is 0. The molecule has 3 nitrogen and oxygen atoms in total. The van der Waals surface area contributed by atoms with Crippen molar-refractivity contribution in [3.63, 3.8) is 0 Å². The van der Waals surface area contributed by atoms with Crippen LogP contribution in [0, 0.1) is 0 Å². The van der Waals surface area contributed by atoms with E-state index >= 15 is 0 Å². The van der Waals surface area contributed by atoms with Gasteiger partial charge in [-0.1, -0.05) is 170 Å². The summed E-state index contributed by atoms with van der Waals surface area (Å²) < 4.78 is 0. The zero-order valence-corrected chi connectivity index (χ0v) is 26.7. The van der Waals surface area contributed by atoms with Crippen LogP contribution in [-0.2, 0) is 0 Å². The predicted octanol–water partition coefficient (Wildman–Crippen LogP) is 11.4. The summed E-state index contributed by atoms with van der Waals surface area (Å²) in [6, 6.07) is 64.1. The molecule has 49 heavy (non-hydrogen) atoms. The van der Waals surface area contributed by atoms with Gasteiger partial charge in [-0.05, 0) is 62.2 Å². The van der Waals surface area contributed by atoms with Crippen molar-refractivity contribution in [3.8, 4) is 67.5 Å². The summed E-state index contributed by atoms with van der Waals surface area (Å²) in [6.07, 6.45) is 0. The van der Waals surface area contributed by atoms with Crippen LogP contribution in [-0.4, -0.2) is 15.0 Å². The van der Waals surface area contributed by atoms with Crippen molar-refractivity contribution in [2.24, 2.45) is 0 Å². The third-order valence-electron chi connectivity index (χ3n) is 9.43. The van der Waals surface area contributed by atoms with Crippen LogP contribution in [0.4, 0.5) is 0 Å². The van der Waals surface area contributed by atoms with Crippen LogP contribution in [0.2, 0.25) is 0 Å². The van der Waals surface area contributed by atoms with Gasteiger partial charge in [0, 0.05) is 22.6 Å². The first-order chi connectivity index (χ1) is 24.3. The van der Waals surface area contributed by atoms with Crippen molar-refractivity contribution in [2.45, 2.75) is 5.92 Å². The molecule has 0 bridgehead atoms. The lowest BCUT2D eigenvalue weighted by molar-refractivity contribution is 1.02. The molecule has 1 aromatic heterocycles. The molecule has 1 unspecified atom stereocenters. The molecule has 9 rings (SSSR count). The maximum absolute atomic E-state index is 4.99. The van der Waals surface area contributed by atoms with Crippen LogP contribution in [0.3, 0.4) is 0 Å². The van der Waals surface area contributed by atoms with Crippen LogP contribution < -0.4 is 0 Å². The number of benzene rings is 7. The van der Waals surface area contributed by atoms with Crippen molar-refractivity contribution >= 4 is 0 Å². The molecule has 8 aromatic rings. The minimum atomic E-state index is 0.232. The van der Waals surface area contributed by atoms with E-state index in [-0.39, 0.29) is 5.92 Å². The molecular formula is C46H31N3. The van der Waals surface area contributed by atoms with E-state index in [9.17, 15) is 0 Å². The standard InChI is InChI=1S/C46H31N3/c1-4-15-31(16-5-1)43-40-26-13-12-25-39(40)42-30-35(27-28-41(42)43)38-24-11-10-23-37(38)34-21-14-22-36(29-34)46-48-44(32-17-6-2-7-18-32)47-45(49-46)33-19-8-3-9-20-33/h1-30,43H. The topological polar surface area (TPSA) is 38.7 Å². The monoisotopic (exact) mass is 625 g/mol. The molecule has 0 amide bonds. The molecule has 0 saturated heterocycles. The molecule has 1 atom stereocenters. The van der Waals surface area contributed by atoms with E-state index in [4.69, 9.17) is 15.0 Å². The van der Waals surface area contributed by atoms with Gasteiger partial charge in [-0.2, -0.15) is 0 Å². The molecule has 1 aliphatic carbocycles. The van der Waals surface area contributed by atoms with E-state index < -0.39 is 0 Å². The van der Waals surface area contributed by atoms with E-state index in [1.165, 1.54) is 38.9 Å². The van der Waals surface area contributed by atoms with Crippen LogP contribution in [0.5, 0.6) is 0 Å². The molecule has 0 N–H and O–H groups in total. The molecule has 0 aliphatic heterocycles. The second kappa shape index (κ2) is 12.3. The highest BCUT2D eigenvalue weighted by Gasteiger charge is 2.30. The molecule has 0 radical (unpaired) electrons. The maximum atomic E-state index is 4.99. The zero-order chi connectivity index (χ0) is 32.6. The van der Waals surface area contributed by atoms with Gasteiger partial charge in [0.1, 0.15) is 0 Å². The summed E-state index contributed by atoms with van der Waals surface area (Å²) in [5.41, 5.74) is 14.2. The van der Waals surface area contributed by atoms with E-state index in [1.54, 1.807) is 0 Å². The first kappa shape index (κ1) is 28.7. The van der Waals surface area contributed by atoms with Gasteiger partial charge in [-0.3, -0.25) is 0 Å². The zero-order valence-electron chi connectivity index (χ0n) is 26.7. The summed E-state index contributed by atoms with van der Waals surface area (Å²) in [5.74, 6) is 2.19. The lowest BCUT2D eigenvalue weighted by Crippen LogP contribution is -2.00. The van der Waals surface area contributed by atoms with Crippen LogP contribution >= 0.6 is 0 Å². The number of fused-ring (bicyclic) bond motifs is 3. The molecule has 3 heteroatoms. The van der Waals surface area contributed by atoms with Crippen LogP contribution in [0.25, 0.3) is 67.5 Å². The lowest BCUT2D eigenvalue weighted by Gasteiger charge is -2.16. The highest BCUT2D eigenvalue weighted by molar-refractivity contribution is 5.89. The van der Waals surface area contributed by atoms with Crippen molar-refractivity contribution in [2.75, 3.05) is 0 Å². The fraction of sp³-hybridized carbons (Fsp3) is 0.0217. The lowest BCUT2D eigenvalue weighted by atomic mass is 9.88. The minimum Gasteiger partial charge on any atom is -0.208 e. The summed E-state index contributed by atoms with van der Waals surface area (Å²) in [7, 11) is 0. The normalized spacial score (nSPS) is 13.1. The average molecular weight is 626 g/mol. The fourth-order valence-corrected chi connectivity index (χ4v) is 7.13. The molecule has 0 spiro atoms. The van der Waals surface area contributed by atoms with Gasteiger partial charge in [0.15, 0.2) is 17.5 Å². The van der Waals surface area contributed by atoms with E-state index in [0.29, 0.717) is 17.5 Å². The van der Waals surface area contributed by atoms with Crippen LogP contribution in [0.1, 0.15) is 22.6 Å². The summed E-state index contributed by atoms with van der Waals surface area (Å²) in [5, 5.41) is 0. The molecular weight excluding hydrogens is 595 g/mol. The first-order valence-corrected chi connectivity index (χ1v) is 16.7. The number of hydrogen-bond acceptors (Lipinski definition) is 3. The van der Waals surface area contributed by atoms with Gasteiger partial charge in [0.05, 0.1) is 0 Å². The van der Waals surface area contributed by atoms with Gasteiger partial charge in [-0.15, -0.1) is 0 Å². The SMILES string of the molecule is c1ccc(-c2nc(-c3ccccc3)nc(-c3cccc(-c4ccccc4-c4ccc5c(c4)-c4ccccc4C5c4ccccc4)c3)n2)cc1. The van der Waals surface area contributed by atoms with Gasteiger partial charge in [0.2, 0.25) is 0 Å². The van der Waals surface area contributed by atoms with E-state index in [0.717, 1.165) is 27.8 Å². The van der Waals surface area contributed by atoms with Crippen LogP contribution in [0.15, 0.2) is 182 Å². The fourth-order valence-electron chi connectivity index (χ4n) is 7.13. The van der Waals surface area contributed by atoms with Crippen molar-refractivity contribution in [3.05, 3.63) is 199 Å². The van der Waals surface area contributed by atoms with Gasteiger partial charge in [-0.25, -0.2) is 15.0 Å². The number of aromatic nitrogens is 3. The summed E-state index contributed by atoms with van der Waals surface area (Å²) in [4.78, 5) is 14.9. The Balaban J connectivity index is 1.14. The average Bonchev–Trinajstić information content (AvgIpc) is 3.52. The third-order valence-corrected chi connectivity index (χ3v) is 9.43. The predicted molar refractivity (Wildman–Crippen MR) is 200 cm³/mol. The maximum Gasteiger partial charge on any atom is 0.164 e. The number of rotatable bonds is 6. The molecule has 7 aromatic carbocycles.